The molecule has 1 atom stereocenters. The van der Waals surface area contributed by atoms with E-state index in [2.05, 4.69) is 16.0 Å². The van der Waals surface area contributed by atoms with E-state index in [-0.39, 0.29) is 17.9 Å². The molecule has 1 aromatic rings. The van der Waals surface area contributed by atoms with Crippen LogP contribution in [0, 0.1) is 6.92 Å². The van der Waals surface area contributed by atoms with Crippen molar-refractivity contribution in [1.82, 2.24) is 5.32 Å². The van der Waals surface area contributed by atoms with Crippen LogP contribution in [0.5, 0.6) is 0 Å². The monoisotopic (exact) mass is 261 g/mol. The van der Waals surface area contributed by atoms with E-state index in [9.17, 15) is 9.59 Å². The molecule has 1 aromatic carbocycles. The molecule has 0 radical (unpaired) electrons. The maximum Gasteiger partial charge on any atom is 0.241 e. The Labute approximate surface area is 112 Å². The quantitative estimate of drug-likeness (QED) is 0.774. The van der Waals surface area contributed by atoms with Gasteiger partial charge < -0.3 is 16.0 Å². The smallest absolute Gasteiger partial charge is 0.241 e. The van der Waals surface area contributed by atoms with Crippen molar-refractivity contribution >= 4 is 23.2 Å². The van der Waals surface area contributed by atoms with Crippen molar-refractivity contribution in [2.45, 2.75) is 32.7 Å². The zero-order chi connectivity index (χ0) is 13.8. The summed E-state index contributed by atoms with van der Waals surface area (Å²) in [7, 11) is 0. The highest BCUT2D eigenvalue weighted by Crippen LogP contribution is 2.20. The van der Waals surface area contributed by atoms with Crippen LogP contribution in [0.25, 0.3) is 0 Å². The van der Waals surface area contributed by atoms with E-state index in [1.54, 1.807) is 12.1 Å². The van der Waals surface area contributed by atoms with Gasteiger partial charge in [0, 0.05) is 18.3 Å². The summed E-state index contributed by atoms with van der Waals surface area (Å²) in [5, 5.41) is 8.80. The first-order chi connectivity index (χ1) is 9.06. The Morgan fingerprint density at radius 1 is 1.32 bits per heavy atom. The van der Waals surface area contributed by atoms with E-state index in [0.717, 1.165) is 36.3 Å². The van der Waals surface area contributed by atoms with Gasteiger partial charge in [-0.1, -0.05) is 0 Å². The molecule has 1 aliphatic rings. The minimum atomic E-state index is -0.102. The number of rotatable bonds is 3. The molecule has 1 saturated heterocycles. The van der Waals surface area contributed by atoms with Gasteiger partial charge in [-0.15, -0.1) is 0 Å². The lowest BCUT2D eigenvalue weighted by Gasteiger charge is -2.13. The molecule has 102 valence electrons. The summed E-state index contributed by atoms with van der Waals surface area (Å²) in [6, 6.07) is 5.37. The second kappa shape index (κ2) is 5.84. The fraction of sp³-hybridized carbons (Fsp3) is 0.429. The van der Waals surface area contributed by atoms with Crippen LogP contribution < -0.4 is 16.0 Å². The highest BCUT2D eigenvalue weighted by atomic mass is 16.2. The summed E-state index contributed by atoms with van der Waals surface area (Å²) in [4.78, 5) is 23.0. The first-order valence-corrected chi connectivity index (χ1v) is 6.49. The molecular formula is C14H19N3O2. The standard InChI is InChI=1S/C14H19N3O2/c1-9-8-11(5-6-12(9)16-10(2)18)17-14(19)13-4-3-7-15-13/h5-6,8,13,15H,3-4,7H2,1-2H3,(H,16,18)(H,17,19)/t13-/m1/s1. The summed E-state index contributed by atoms with van der Waals surface area (Å²) < 4.78 is 0. The third kappa shape index (κ3) is 3.54. The molecule has 3 N–H and O–H groups in total. The first kappa shape index (κ1) is 13.5. The molecule has 0 saturated carbocycles. The summed E-state index contributed by atoms with van der Waals surface area (Å²) >= 11 is 0. The second-order valence-electron chi connectivity index (χ2n) is 4.85. The molecule has 19 heavy (non-hydrogen) atoms. The number of hydrogen-bond donors (Lipinski definition) is 3. The Morgan fingerprint density at radius 3 is 2.68 bits per heavy atom. The van der Waals surface area contributed by atoms with E-state index in [1.807, 2.05) is 13.0 Å². The maximum atomic E-state index is 11.9. The van der Waals surface area contributed by atoms with Gasteiger partial charge in [0.15, 0.2) is 0 Å². The Morgan fingerprint density at radius 2 is 2.11 bits per heavy atom. The van der Waals surface area contributed by atoms with Gasteiger partial charge in [-0.05, 0) is 50.1 Å². The van der Waals surface area contributed by atoms with Gasteiger partial charge in [0.1, 0.15) is 0 Å². The summed E-state index contributed by atoms with van der Waals surface area (Å²) in [5.74, 6) is -0.0979. The number of anilines is 2. The zero-order valence-corrected chi connectivity index (χ0v) is 11.2. The van der Waals surface area contributed by atoms with Crippen LogP contribution in [0.3, 0.4) is 0 Å². The Kier molecular flexibility index (Phi) is 4.16. The molecule has 0 bridgehead atoms. The minimum Gasteiger partial charge on any atom is -0.326 e. The predicted molar refractivity (Wildman–Crippen MR) is 75.1 cm³/mol. The lowest BCUT2D eigenvalue weighted by atomic mass is 10.1. The van der Waals surface area contributed by atoms with E-state index in [1.165, 1.54) is 6.92 Å². The molecule has 0 unspecified atom stereocenters. The highest BCUT2D eigenvalue weighted by Gasteiger charge is 2.21. The van der Waals surface area contributed by atoms with Gasteiger partial charge in [0.2, 0.25) is 11.8 Å². The topological polar surface area (TPSA) is 70.2 Å². The fourth-order valence-corrected chi connectivity index (χ4v) is 2.21. The molecule has 5 nitrogen and oxygen atoms in total. The average molecular weight is 261 g/mol. The van der Waals surface area contributed by atoms with Crippen molar-refractivity contribution in [1.29, 1.82) is 0 Å². The van der Waals surface area contributed by atoms with E-state index in [4.69, 9.17) is 0 Å². The molecular weight excluding hydrogens is 242 g/mol. The molecule has 1 fully saturated rings. The third-order valence-electron chi connectivity index (χ3n) is 3.18. The number of nitrogens with one attached hydrogen (secondary N) is 3. The lowest BCUT2D eigenvalue weighted by molar-refractivity contribution is -0.118. The number of aryl methyl sites for hydroxylation is 1. The zero-order valence-electron chi connectivity index (χ0n) is 11.2. The highest BCUT2D eigenvalue weighted by molar-refractivity contribution is 5.96. The van der Waals surface area contributed by atoms with Crippen molar-refractivity contribution in [3.8, 4) is 0 Å². The van der Waals surface area contributed by atoms with Gasteiger partial charge in [-0.3, -0.25) is 9.59 Å². The Balaban J connectivity index is 2.03. The number of carbonyl (C=O) groups excluding carboxylic acids is 2. The third-order valence-corrected chi connectivity index (χ3v) is 3.18. The molecule has 5 heteroatoms. The van der Waals surface area contributed by atoms with Crippen molar-refractivity contribution in [2.24, 2.45) is 0 Å². The molecule has 2 amide bonds. The van der Waals surface area contributed by atoms with Crippen molar-refractivity contribution < 1.29 is 9.59 Å². The van der Waals surface area contributed by atoms with Gasteiger partial charge in [0.05, 0.1) is 6.04 Å². The molecule has 0 aliphatic carbocycles. The van der Waals surface area contributed by atoms with Gasteiger partial charge in [-0.2, -0.15) is 0 Å². The summed E-state index contributed by atoms with van der Waals surface area (Å²) in [5.41, 5.74) is 2.45. The summed E-state index contributed by atoms with van der Waals surface area (Å²) in [6.45, 7) is 4.27. The van der Waals surface area contributed by atoms with Crippen LogP contribution in [0.1, 0.15) is 25.3 Å². The van der Waals surface area contributed by atoms with Crippen molar-refractivity contribution in [3.05, 3.63) is 23.8 Å². The molecule has 2 rings (SSSR count). The number of hydrogen-bond acceptors (Lipinski definition) is 3. The van der Waals surface area contributed by atoms with Crippen LogP contribution in [-0.4, -0.2) is 24.4 Å². The number of benzene rings is 1. The van der Waals surface area contributed by atoms with Crippen molar-refractivity contribution in [3.63, 3.8) is 0 Å². The van der Waals surface area contributed by atoms with E-state index in [0.29, 0.717) is 0 Å². The van der Waals surface area contributed by atoms with Gasteiger partial charge in [-0.25, -0.2) is 0 Å². The normalized spacial score (nSPS) is 18.1. The fourth-order valence-electron chi connectivity index (χ4n) is 2.21. The lowest BCUT2D eigenvalue weighted by Crippen LogP contribution is -2.35. The van der Waals surface area contributed by atoms with Crippen LogP contribution in [0.2, 0.25) is 0 Å². The Hall–Kier alpha value is -1.88. The first-order valence-electron chi connectivity index (χ1n) is 6.49. The second-order valence-corrected chi connectivity index (χ2v) is 4.85. The summed E-state index contributed by atoms with van der Waals surface area (Å²) in [6.07, 6.45) is 1.92. The molecule has 1 heterocycles. The predicted octanol–water partition coefficient (Wildman–Crippen LogP) is 1.64. The average Bonchev–Trinajstić information content (AvgIpc) is 2.86. The van der Waals surface area contributed by atoms with Crippen molar-refractivity contribution in [2.75, 3.05) is 17.2 Å². The van der Waals surface area contributed by atoms with Crippen LogP contribution in [0.4, 0.5) is 11.4 Å². The van der Waals surface area contributed by atoms with E-state index >= 15 is 0 Å². The largest absolute Gasteiger partial charge is 0.326 e. The Bertz CT molecular complexity index is 493. The van der Waals surface area contributed by atoms with Crippen LogP contribution in [-0.2, 0) is 9.59 Å². The van der Waals surface area contributed by atoms with Crippen LogP contribution in [0.15, 0.2) is 18.2 Å². The van der Waals surface area contributed by atoms with Crippen LogP contribution >= 0.6 is 0 Å². The SMILES string of the molecule is CC(=O)Nc1ccc(NC(=O)[C@H]2CCCN2)cc1C. The molecule has 1 aliphatic heterocycles. The molecule has 0 spiro atoms. The van der Waals surface area contributed by atoms with Gasteiger partial charge in [0.25, 0.3) is 0 Å². The van der Waals surface area contributed by atoms with Gasteiger partial charge >= 0.3 is 0 Å². The van der Waals surface area contributed by atoms with E-state index < -0.39 is 0 Å². The molecule has 0 aromatic heterocycles. The number of amides is 2. The maximum absolute atomic E-state index is 11.9. The minimum absolute atomic E-state index is 0.00387. The number of carbonyl (C=O) groups is 2.